The molecule has 5 heteroatoms. The number of aliphatic hydroxyl groups excluding tert-OH is 1. The number of ketones is 1. The molecule has 1 heterocycles. The monoisotopic (exact) mass is 571 g/mol. The maximum atomic E-state index is 13.8. The number of benzene rings is 2. The molecule has 29 heavy (non-hydrogen) atoms. The van der Waals surface area contributed by atoms with Gasteiger partial charge in [0, 0.05) is 26.2 Å². The zero-order valence-corrected chi connectivity index (χ0v) is 19.9. The first kappa shape index (κ1) is 24.7. The maximum Gasteiger partial charge on any atom is 0.155 e. The number of hydrogen-bond acceptors (Lipinski definition) is 3. The van der Waals surface area contributed by atoms with Crippen LogP contribution in [-0.2, 0) is 24.9 Å². The first-order chi connectivity index (χ1) is 13.1. The van der Waals surface area contributed by atoms with Crippen LogP contribution in [0.15, 0.2) is 42.2 Å². The second kappa shape index (κ2) is 10.4. The van der Waals surface area contributed by atoms with Crippen LogP contribution in [-0.4, -0.2) is 15.9 Å². The van der Waals surface area contributed by atoms with E-state index in [2.05, 4.69) is 36.2 Å². The van der Waals surface area contributed by atoms with Gasteiger partial charge in [-0.05, 0) is 56.5 Å². The van der Waals surface area contributed by atoms with Crippen molar-refractivity contribution in [2.75, 3.05) is 0 Å². The summed E-state index contributed by atoms with van der Waals surface area (Å²) in [6, 6.07) is 12.9. The summed E-state index contributed by atoms with van der Waals surface area (Å²) < 4.78 is 13.8. The third-order valence-corrected chi connectivity index (χ3v) is 4.10. The van der Waals surface area contributed by atoms with E-state index in [4.69, 9.17) is 5.11 Å². The Balaban J connectivity index is 0.000000456. The topological polar surface area (TPSA) is 50.2 Å². The van der Waals surface area contributed by atoms with Crippen molar-refractivity contribution in [2.45, 2.75) is 41.5 Å². The summed E-state index contributed by atoms with van der Waals surface area (Å²) in [7, 11) is 0. The summed E-state index contributed by atoms with van der Waals surface area (Å²) >= 11 is 0. The molecule has 1 radical (unpaired) electrons. The van der Waals surface area contributed by atoms with Crippen molar-refractivity contribution in [1.29, 1.82) is 0 Å². The van der Waals surface area contributed by atoms with Crippen molar-refractivity contribution < 1.29 is 34.4 Å². The molecule has 155 valence electrons. The van der Waals surface area contributed by atoms with Gasteiger partial charge in [0.2, 0.25) is 0 Å². The van der Waals surface area contributed by atoms with Gasteiger partial charge in [-0.15, -0.1) is 34.9 Å². The van der Waals surface area contributed by atoms with Crippen LogP contribution < -0.4 is 0 Å². The van der Waals surface area contributed by atoms with Crippen molar-refractivity contribution in [3.05, 3.63) is 76.3 Å². The van der Waals surface area contributed by atoms with Crippen LogP contribution in [0.3, 0.4) is 0 Å². The van der Waals surface area contributed by atoms with Crippen LogP contribution in [0.2, 0.25) is 0 Å². The van der Waals surface area contributed by atoms with Gasteiger partial charge in [-0.2, -0.15) is 0 Å². The Hall–Kier alpha value is -2.36. The predicted molar refractivity (Wildman–Crippen MR) is 112 cm³/mol. The molecular weight excluding hydrogens is 545 g/mol. The molecule has 0 amide bonds. The molecule has 0 fully saturated rings. The molecule has 1 aromatic heterocycles. The summed E-state index contributed by atoms with van der Waals surface area (Å²) in [5.41, 5.74) is 6.51. The fraction of sp³-hybridized carbons (Fsp3) is 0.250. The Bertz CT molecular complexity index is 1050. The number of aliphatic hydroxyl groups is 1. The number of pyridine rings is 1. The van der Waals surface area contributed by atoms with Gasteiger partial charge < -0.3 is 5.11 Å². The molecule has 3 rings (SSSR count). The van der Waals surface area contributed by atoms with Gasteiger partial charge in [-0.1, -0.05) is 25.5 Å². The van der Waals surface area contributed by atoms with Crippen molar-refractivity contribution in [3.8, 4) is 11.3 Å². The number of allylic oxidation sites excluding steroid dienone is 2. The second-order valence-corrected chi connectivity index (χ2v) is 7.10. The van der Waals surface area contributed by atoms with Crippen LogP contribution >= 0.6 is 0 Å². The summed E-state index contributed by atoms with van der Waals surface area (Å²) in [4.78, 5) is 14.7. The van der Waals surface area contributed by atoms with Gasteiger partial charge in [0.05, 0.1) is 11.3 Å². The maximum absolute atomic E-state index is 13.8. The van der Waals surface area contributed by atoms with Crippen molar-refractivity contribution in [3.63, 3.8) is 0 Å². The van der Waals surface area contributed by atoms with Crippen LogP contribution in [0, 0.1) is 39.6 Å². The smallest absolute Gasteiger partial charge is 0.155 e. The van der Waals surface area contributed by atoms with Gasteiger partial charge >= 0.3 is 0 Å². The number of rotatable bonds is 2. The number of carbonyl (C=O) groups is 1. The summed E-state index contributed by atoms with van der Waals surface area (Å²) in [6.45, 7) is 10.7. The van der Waals surface area contributed by atoms with E-state index in [-0.39, 0.29) is 37.5 Å². The molecule has 0 aliphatic heterocycles. The molecule has 2 aromatic carbocycles. The van der Waals surface area contributed by atoms with E-state index >= 15 is 0 Å². The van der Waals surface area contributed by atoms with Crippen LogP contribution in [0.4, 0.5) is 4.39 Å². The van der Waals surface area contributed by atoms with E-state index in [9.17, 15) is 9.18 Å². The van der Waals surface area contributed by atoms with E-state index in [1.807, 2.05) is 19.9 Å². The van der Waals surface area contributed by atoms with E-state index in [1.165, 1.54) is 31.6 Å². The predicted octanol–water partition coefficient (Wildman–Crippen LogP) is 6.11. The van der Waals surface area contributed by atoms with Crippen LogP contribution in [0.5, 0.6) is 0 Å². The molecule has 1 N–H and O–H groups in total. The largest absolute Gasteiger partial charge is 0.512 e. The van der Waals surface area contributed by atoms with E-state index < -0.39 is 0 Å². The molecule has 0 atom stereocenters. The van der Waals surface area contributed by atoms with Gasteiger partial charge in [-0.3, -0.25) is 9.78 Å². The van der Waals surface area contributed by atoms with E-state index in [0.717, 1.165) is 27.8 Å². The molecule has 0 saturated carbocycles. The normalized spacial score (nSPS) is 10.8. The molecule has 0 aliphatic rings. The average Bonchev–Trinajstić information content (AvgIpc) is 2.54. The number of aromatic nitrogens is 1. The zero-order valence-electron chi connectivity index (χ0n) is 17.5. The molecule has 0 aliphatic carbocycles. The number of nitrogens with zero attached hydrogens (tertiary/aromatic N) is 1. The van der Waals surface area contributed by atoms with Crippen molar-refractivity contribution in [2.24, 2.45) is 0 Å². The minimum atomic E-state index is -0.214. The number of hydrogen-bond donors (Lipinski definition) is 1. The number of halogens is 1. The standard InChI is InChI=1S/C19H17FN.C5H8O2.Ir/c1-11-5-12(2)7-16(6-11)19-14(4)9-15-8-13(3)17(20)10-18(15)21-19;1-4(6)3-5(2)7;/h5-6,8-10H,1-4H3;3,6H,1-2H3;/q-1;;/b;4-3-;. The van der Waals surface area contributed by atoms with Crippen LogP contribution in [0.1, 0.15) is 36.1 Å². The van der Waals surface area contributed by atoms with Gasteiger partial charge in [-0.25, -0.2) is 4.39 Å². The Labute approximate surface area is 185 Å². The molecule has 0 bridgehead atoms. The minimum absolute atomic E-state index is 0. The van der Waals surface area contributed by atoms with Gasteiger partial charge in [0.25, 0.3) is 0 Å². The molecule has 3 aromatic rings. The van der Waals surface area contributed by atoms with Crippen molar-refractivity contribution >= 4 is 16.7 Å². The first-order valence-electron chi connectivity index (χ1n) is 9.03. The molecule has 0 unspecified atom stereocenters. The Morgan fingerprint density at radius 2 is 1.66 bits per heavy atom. The number of carbonyl (C=O) groups excluding carboxylic acids is 1. The Morgan fingerprint density at radius 3 is 2.17 bits per heavy atom. The third-order valence-electron chi connectivity index (χ3n) is 4.10. The first-order valence-corrected chi connectivity index (χ1v) is 9.03. The van der Waals surface area contributed by atoms with Crippen molar-refractivity contribution in [1.82, 2.24) is 4.98 Å². The number of fused-ring (bicyclic) bond motifs is 1. The summed E-state index contributed by atoms with van der Waals surface area (Å²) in [5.74, 6) is -0.276. The molecule has 3 nitrogen and oxygen atoms in total. The number of aryl methyl sites for hydroxylation is 4. The second-order valence-electron chi connectivity index (χ2n) is 7.10. The van der Waals surface area contributed by atoms with Gasteiger partial charge in [0.1, 0.15) is 5.82 Å². The quantitative estimate of drug-likeness (QED) is 0.230. The minimum Gasteiger partial charge on any atom is -0.512 e. The summed E-state index contributed by atoms with van der Waals surface area (Å²) in [6.07, 6.45) is 1.17. The van der Waals surface area contributed by atoms with E-state index in [0.29, 0.717) is 11.1 Å². The van der Waals surface area contributed by atoms with Crippen LogP contribution in [0.25, 0.3) is 22.2 Å². The fourth-order valence-corrected chi connectivity index (χ4v) is 3.01. The summed E-state index contributed by atoms with van der Waals surface area (Å²) in [5, 5.41) is 9.33. The SMILES string of the molecule is CC(=O)/C=C(/C)O.Cc1[c-]c(-c2nc3cc(F)c(C)cc3cc2C)cc(C)c1.[Ir]. The average molecular weight is 571 g/mol. The van der Waals surface area contributed by atoms with E-state index in [1.54, 1.807) is 6.92 Å². The molecule has 0 saturated heterocycles. The molecular formula is C24H25FIrNO2-. The Morgan fingerprint density at radius 1 is 1.03 bits per heavy atom. The zero-order chi connectivity index (χ0) is 21.0. The fourth-order valence-electron chi connectivity index (χ4n) is 3.01. The Kier molecular flexibility index (Phi) is 8.87. The third kappa shape index (κ3) is 6.88. The molecule has 0 spiro atoms. The van der Waals surface area contributed by atoms with Gasteiger partial charge in [0.15, 0.2) is 5.78 Å².